The fourth-order valence-electron chi connectivity index (χ4n) is 0.813. The molecule has 12 heavy (non-hydrogen) atoms. The van der Waals surface area contributed by atoms with Crippen LogP contribution in [0.1, 0.15) is 5.56 Å². The van der Waals surface area contributed by atoms with Crippen LogP contribution in [0.15, 0.2) is 6.07 Å². The Balaban J connectivity index is 3.42. The van der Waals surface area contributed by atoms with Gasteiger partial charge >= 0.3 is 0 Å². The molecule has 0 aromatic heterocycles. The molecule has 0 bridgehead atoms. The molecule has 0 amide bonds. The highest BCUT2D eigenvalue weighted by molar-refractivity contribution is 6.33. The van der Waals surface area contributed by atoms with Crippen LogP contribution in [-0.2, 0) is 6.61 Å². The molecule has 0 aliphatic heterocycles. The summed E-state index contributed by atoms with van der Waals surface area (Å²) in [6, 6.07) is 0.337. The summed E-state index contributed by atoms with van der Waals surface area (Å²) in [5, 5.41) is 8.49. The number of aliphatic hydroxyl groups is 1. The maximum absolute atomic E-state index is 12.7. The number of benzene rings is 1. The van der Waals surface area contributed by atoms with Crippen molar-refractivity contribution in [2.75, 3.05) is 0 Å². The lowest BCUT2D eigenvalue weighted by atomic mass is 9.90. The first-order valence-corrected chi connectivity index (χ1v) is 3.10. The summed E-state index contributed by atoms with van der Waals surface area (Å²) >= 11 is 0. The summed E-state index contributed by atoms with van der Waals surface area (Å²) in [7, 11) is 5.02. The summed E-state index contributed by atoms with van der Waals surface area (Å²) in [6.45, 7) is -0.827. The van der Waals surface area contributed by atoms with E-state index in [1.165, 1.54) is 0 Å². The number of hydrogen-bond donors (Lipinski definition) is 1. The van der Waals surface area contributed by atoms with Crippen molar-refractivity contribution in [3.8, 4) is 0 Å². The smallest absolute Gasteiger partial charge is 0.163 e. The zero-order chi connectivity index (χ0) is 9.30. The van der Waals surface area contributed by atoms with Gasteiger partial charge in [0.25, 0.3) is 0 Å². The lowest BCUT2D eigenvalue weighted by molar-refractivity contribution is 0.274. The molecular weight excluding hydrogens is 168 g/mol. The molecule has 0 saturated heterocycles. The van der Waals surface area contributed by atoms with Gasteiger partial charge in [0.15, 0.2) is 11.6 Å². The molecule has 5 heteroatoms. The van der Waals surface area contributed by atoms with Crippen molar-refractivity contribution >= 4 is 13.3 Å². The van der Waals surface area contributed by atoms with Crippen LogP contribution in [-0.4, -0.2) is 13.0 Å². The highest BCUT2D eigenvalue weighted by Gasteiger charge is 2.13. The minimum atomic E-state index is -1.36. The minimum absolute atomic E-state index is 0.337. The van der Waals surface area contributed by atoms with E-state index in [4.69, 9.17) is 13.0 Å². The second-order valence-corrected chi connectivity index (χ2v) is 2.20. The second-order valence-electron chi connectivity index (χ2n) is 2.20. The van der Waals surface area contributed by atoms with Crippen molar-refractivity contribution in [1.29, 1.82) is 0 Å². The molecule has 0 aliphatic carbocycles. The molecular formula is C7H4BF3O. The highest BCUT2D eigenvalue weighted by atomic mass is 19.2. The molecule has 0 aliphatic rings. The first kappa shape index (κ1) is 9.13. The predicted octanol–water partition coefficient (Wildman–Crippen LogP) is 0.390. The Morgan fingerprint density at radius 3 is 2.33 bits per heavy atom. The Morgan fingerprint density at radius 1 is 1.25 bits per heavy atom. The van der Waals surface area contributed by atoms with E-state index in [2.05, 4.69) is 0 Å². The fourth-order valence-corrected chi connectivity index (χ4v) is 0.813. The second kappa shape index (κ2) is 3.19. The average molecular weight is 172 g/mol. The minimum Gasteiger partial charge on any atom is -0.392 e. The van der Waals surface area contributed by atoms with Crippen molar-refractivity contribution < 1.29 is 18.3 Å². The van der Waals surface area contributed by atoms with Crippen molar-refractivity contribution in [2.24, 2.45) is 0 Å². The summed E-state index contributed by atoms with van der Waals surface area (Å²) in [4.78, 5) is 0. The van der Waals surface area contributed by atoms with Crippen molar-refractivity contribution in [1.82, 2.24) is 0 Å². The third-order valence-corrected chi connectivity index (χ3v) is 1.47. The normalized spacial score (nSPS) is 10.3. The number of halogens is 3. The molecule has 1 aromatic carbocycles. The van der Waals surface area contributed by atoms with Gasteiger partial charge in [0.05, 0.1) is 6.61 Å². The van der Waals surface area contributed by atoms with E-state index < -0.39 is 35.1 Å². The standard InChI is InChI=1S/C7H4BF3O/c8-6-3(2-12)7(11)5(10)1-4(6)9/h1,12H,2H2. The SMILES string of the molecule is [B]c1c(F)cc(F)c(F)c1CO. The third-order valence-electron chi connectivity index (χ3n) is 1.47. The Morgan fingerprint density at radius 2 is 1.83 bits per heavy atom. The van der Waals surface area contributed by atoms with Gasteiger partial charge in [-0.1, -0.05) is 5.46 Å². The molecule has 1 nitrogen and oxygen atoms in total. The predicted molar refractivity (Wildman–Crippen MR) is 37.6 cm³/mol. The van der Waals surface area contributed by atoms with Crippen molar-refractivity contribution in [3.63, 3.8) is 0 Å². The van der Waals surface area contributed by atoms with Crippen LogP contribution in [0, 0.1) is 17.5 Å². The van der Waals surface area contributed by atoms with Gasteiger partial charge in [0, 0.05) is 11.6 Å². The van der Waals surface area contributed by atoms with Gasteiger partial charge in [0.2, 0.25) is 0 Å². The lowest BCUT2D eigenvalue weighted by Crippen LogP contribution is -2.18. The van der Waals surface area contributed by atoms with Gasteiger partial charge in [-0.2, -0.15) is 0 Å². The Labute approximate surface area is 68.2 Å². The van der Waals surface area contributed by atoms with E-state index in [1.54, 1.807) is 0 Å². The zero-order valence-electron chi connectivity index (χ0n) is 5.94. The number of hydrogen-bond acceptors (Lipinski definition) is 1. The van der Waals surface area contributed by atoms with E-state index in [1.807, 2.05) is 0 Å². The molecule has 0 fully saturated rings. The van der Waals surface area contributed by atoms with Gasteiger partial charge < -0.3 is 5.11 Å². The van der Waals surface area contributed by atoms with Crippen LogP contribution < -0.4 is 5.46 Å². The summed E-state index contributed by atoms with van der Waals surface area (Å²) < 4.78 is 37.7. The van der Waals surface area contributed by atoms with E-state index in [0.717, 1.165) is 0 Å². The lowest BCUT2D eigenvalue weighted by Gasteiger charge is -2.05. The van der Waals surface area contributed by atoms with Crippen LogP contribution in [0.2, 0.25) is 0 Å². The molecule has 0 atom stereocenters. The summed E-state index contributed by atoms with van der Waals surface area (Å²) in [6.07, 6.45) is 0. The summed E-state index contributed by atoms with van der Waals surface area (Å²) in [5.41, 5.74) is -1.11. The van der Waals surface area contributed by atoms with E-state index >= 15 is 0 Å². The molecule has 0 unspecified atom stereocenters. The van der Waals surface area contributed by atoms with E-state index in [9.17, 15) is 13.2 Å². The zero-order valence-corrected chi connectivity index (χ0v) is 5.94. The highest BCUT2D eigenvalue weighted by Crippen LogP contribution is 2.11. The summed E-state index contributed by atoms with van der Waals surface area (Å²) in [5.74, 6) is -3.74. The van der Waals surface area contributed by atoms with E-state index in [-0.39, 0.29) is 0 Å². The molecule has 0 saturated carbocycles. The largest absolute Gasteiger partial charge is 0.392 e. The molecule has 0 heterocycles. The van der Waals surface area contributed by atoms with Crippen LogP contribution in [0.3, 0.4) is 0 Å². The van der Waals surface area contributed by atoms with Gasteiger partial charge in [-0.25, -0.2) is 13.2 Å². The number of aliphatic hydroxyl groups excluding tert-OH is 1. The average Bonchev–Trinajstić information content (AvgIpc) is 2.02. The van der Waals surface area contributed by atoms with Gasteiger partial charge in [-0.15, -0.1) is 0 Å². The van der Waals surface area contributed by atoms with Crippen LogP contribution in [0.5, 0.6) is 0 Å². The maximum atomic E-state index is 12.7. The van der Waals surface area contributed by atoms with Crippen LogP contribution in [0.25, 0.3) is 0 Å². The van der Waals surface area contributed by atoms with Crippen molar-refractivity contribution in [3.05, 3.63) is 29.1 Å². The van der Waals surface area contributed by atoms with Gasteiger partial charge in [-0.3, -0.25) is 0 Å². The molecule has 1 N–H and O–H groups in total. The van der Waals surface area contributed by atoms with Crippen LogP contribution >= 0.6 is 0 Å². The third kappa shape index (κ3) is 1.32. The van der Waals surface area contributed by atoms with Gasteiger partial charge in [0.1, 0.15) is 13.7 Å². The number of rotatable bonds is 1. The molecule has 2 radical (unpaired) electrons. The van der Waals surface area contributed by atoms with Crippen molar-refractivity contribution in [2.45, 2.75) is 6.61 Å². The fraction of sp³-hybridized carbons (Fsp3) is 0.143. The molecule has 1 rings (SSSR count). The topological polar surface area (TPSA) is 20.2 Å². The molecule has 1 aromatic rings. The monoisotopic (exact) mass is 172 g/mol. The van der Waals surface area contributed by atoms with E-state index in [0.29, 0.717) is 6.07 Å². The first-order valence-electron chi connectivity index (χ1n) is 3.10. The Bertz CT molecular complexity index is 288. The first-order chi connectivity index (χ1) is 5.57. The molecule has 0 spiro atoms. The Hall–Kier alpha value is -0.965. The Kier molecular flexibility index (Phi) is 2.42. The van der Waals surface area contributed by atoms with Crippen LogP contribution in [0.4, 0.5) is 13.2 Å². The maximum Gasteiger partial charge on any atom is 0.163 e. The quantitative estimate of drug-likeness (QED) is 0.479. The van der Waals surface area contributed by atoms with Gasteiger partial charge in [-0.05, 0) is 0 Å². The molecule has 62 valence electrons.